The first-order chi connectivity index (χ1) is 12.1. The lowest BCUT2D eigenvalue weighted by Gasteiger charge is -2.09. The Hall–Kier alpha value is -2.23. The van der Waals surface area contributed by atoms with Crippen molar-refractivity contribution >= 4 is 39.1 Å². The van der Waals surface area contributed by atoms with Crippen LogP contribution in [0, 0.1) is 0 Å². The molecular weight excluding hydrogens is 400 g/mol. The van der Waals surface area contributed by atoms with Crippen LogP contribution in [0.15, 0.2) is 71.2 Å². The number of Topliss-reactive ketones (excluding diaryl/α,β-unsaturated/α-hetero) is 2. The number of rotatable bonds is 2. The van der Waals surface area contributed by atoms with Gasteiger partial charge in [-0.3, -0.25) is 9.59 Å². The van der Waals surface area contributed by atoms with Crippen molar-refractivity contribution in [2.45, 2.75) is 5.92 Å². The Bertz CT molecular complexity index is 994. The summed E-state index contributed by atoms with van der Waals surface area (Å²) in [5, 5.41) is 0.574. The molecule has 0 fully saturated rings. The van der Waals surface area contributed by atoms with Gasteiger partial charge in [-0.15, -0.1) is 0 Å². The third kappa shape index (κ3) is 2.64. The van der Waals surface area contributed by atoms with E-state index in [2.05, 4.69) is 15.9 Å². The highest BCUT2D eigenvalue weighted by Gasteiger charge is 2.42. The van der Waals surface area contributed by atoms with Gasteiger partial charge < -0.3 is 0 Å². The number of carbonyl (C=O) groups excluding carboxylic acids is 2. The van der Waals surface area contributed by atoms with Crippen LogP contribution in [0.5, 0.6) is 0 Å². The zero-order valence-corrected chi connectivity index (χ0v) is 15.3. The van der Waals surface area contributed by atoms with E-state index >= 15 is 0 Å². The minimum atomic E-state index is -0.812. The number of benzene rings is 3. The van der Waals surface area contributed by atoms with E-state index in [1.54, 1.807) is 24.3 Å². The highest BCUT2D eigenvalue weighted by Crippen LogP contribution is 2.42. The third-order valence-electron chi connectivity index (χ3n) is 4.46. The van der Waals surface area contributed by atoms with Crippen LogP contribution < -0.4 is 0 Å². The molecule has 3 aromatic rings. The summed E-state index contributed by atoms with van der Waals surface area (Å²) >= 11 is 9.37. The molecule has 0 saturated heterocycles. The predicted octanol–water partition coefficient (Wildman–Crippen LogP) is 5.93. The summed E-state index contributed by atoms with van der Waals surface area (Å²) in [4.78, 5) is 26.2. The van der Waals surface area contributed by atoms with E-state index < -0.39 is 5.92 Å². The Morgan fingerprint density at radius 3 is 2.08 bits per heavy atom. The molecule has 4 heteroatoms. The maximum atomic E-state index is 13.2. The van der Waals surface area contributed by atoms with E-state index in [-0.39, 0.29) is 11.6 Å². The molecule has 0 aliphatic heterocycles. The molecular formula is C21H12BrClO2. The monoisotopic (exact) mass is 410 g/mol. The highest BCUT2D eigenvalue weighted by atomic mass is 79.9. The Kier molecular flexibility index (Phi) is 4.06. The topological polar surface area (TPSA) is 34.1 Å². The lowest BCUT2D eigenvalue weighted by atomic mass is 9.93. The summed E-state index contributed by atoms with van der Waals surface area (Å²) in [5.41, 5.74) is 3.33. The largest absolute Gasteiger partial charge is 0.293 e. The molecule has 0 heterocycles. The lowest BCUT2D eigenvalue weighted by Crippen LogP contribution is -2.12. The number of hydrogen-bond acceptors (Lipinski definition) is 2. The fourth-order valence-corrected chi connectivity index (χ4v) is 3.95. The summed E-state index contributed by atoms with van der Waals surface area (Å²) in [6.45, 7) is 0. The first-order valence-electron chi connectivity index (χ1n) is 7.79. The summed E-state index contributed by atoms with van der Waals surface area (Å²) in [6, 6.07) is 20.2. The van der Waals surface area contributed by atoms with Crippen molar-refractivity contribution in [1.29, 1.82) is 0 Å². The van der Waals surface area contributed by atoms with Gasteiger partial charge in [-0.25, -0.2) is 0 Å². The van der Waals surface area contributed by atoms with Gasteiger partial charge in [-0.1, -0.05) is 76.1 Å². The normalized spacial score (nSPS) is 16.2. The van der Waals surface area contributed by atoms with Crippen LogP contribution in [0.1, 0.15) is 32.2 Å². The molecule has 1 aliphatic carbocycles. The lowest BCUT2D eigenvalue weighted by molar-refractivity contribution is 0.0890. The highest BCUT2D eigenvalue weighted by molar-refractivity contribution is 9.10. The molecule has 0 amide bonds. The summed E-state index contributed by atoms with van der Waals surface area (Å²) < 4.78 is 0.650. The van der Waals surface area contributed by atoms with E-state index in [0.717, 1.165) is 11.1 Å². The average Bonchev–Trinajstić information content (AvgIpc) is 2.89. The van der Waals surface area contributed by atoms with Crippen molar-refractivity contribution in [2.75, 3.05) is 0 Å². The molecule has 2 nitrogen and oxygen atoms in total. The summed E-state index contributed by atoms with van der Waals surface area (Å²) in [5.74, 6) is -1.15. The molecule has 0 bridgehead atoms. The average molecular weight is 412 g/mol. The minimum Gasteiger partial charge on any atom is -0.293 e. The predicted molar refractivity (Wildman–Crippen MR) is 102 cm³/mol. The fraction of sp³-hybridized carbons (Fsp3) is 0.0476. The third-order valence-corrected chi connectivity index (χ3v) is 5.37. The number of carbonyl (C=O) groups is 2. The fourth-order valence-electron chi connectivity index (χ4n) is 3.30. The molecule has 0 aromatic heterocycles. The van der Waals surface area contributed by atoms with E-state index in [1.165, 1.54) is 0 Å². The van der Waals surface area contributed by atoms with Crippen molar-refractivity contribution in [1.82, 2.24) is 0 Å². The Balaban J connectivity index is 1.91. The van der Waals surface area contributed by atoms with Crippen molar-refractivity contribution < 1.29 is 9.59 Å². The molecule has 25 heavy (non-hydrogen) atoms. The van der Waals surface area contributed by atoms with Crippen LogP contribution in [0.25, 0.3) is 11.1 Å². The van der Waals surface area contributed by atoms with E-state index in [0.29, 0.717) is 26.2 Å². The summed E-state index contributed by atoms with van der Waals surface area (Å²) in [6.07, 6.45) is 0. The SMILES string of the molecule is O=C1c2c(Br)ccc(-c3ccccc3)c2C(=O)C1c1ccc(Cl)cc1. The van der Waals surface area contributed by atoms with Gasteiger partial charge in [0.1, 0.15) is 5.92 Å². The second-order valence-corrected chi connectivity index (χ2v) is 7.21. The van der Waals surface area contributed by atoms with Crippen LogP contribution >= 0.6 is 27.5 Å². The summed E-state index contributed by atoms with van der Waals surface area (Å²) in [7, 11) is 0. The number of hydrogen-bond donors (Lipinski definition) is 0. The Morgan fingerprint density at radius 1 is 0.760 bits per heavy atom. The van der Waals surface area contributed by atoms with Crippen LogP contribution in [0.2, 0.25) is 5.02 Å². The van der Waals surface area contributed by atoms with Crippen LogP contribution in [0.3, 0.4) is 0 Å². The molecule has 4 rings (SSSR count). The zero-order chi connectivity index (χ0) is 17.6. The molecule has 1 unspecified atom stereocenters. The number of fused-ring (bicyclic) bond motifs is 1. The molecule has 0 saturated carbocycles. The molecule has 3 aromatic carbocycles. The van der Waals surface area contributed by atoms with Gasteiger partial charge in [0, 0.05) is 20.6 Å². The van der Waals surface area contributed by atoms with Crippen molar-refractivity contribution in [3.8, 4) is 11.1 Å². The van der Waals surface area contributed by atoms with Crippen molar-refractivity contribution in [2.24, 2.45) is 0 Å². The minimum absolute atomic E-state index is 0.164. The smallest absolute Gasteiger partial charge is 0.180 e. The zero-order valence-electron chi connectivity index (χ0n) is 13.0. The molecule has 1 aliphatic rings. The van der Waals surface area contributed by atoms with E-state index in [9.17, 15) is 9.59 Å². The maximum absolute atomic E-state index is 13.2. The van der Waals surface area contributed by atoms with Crippen molar-refractivity contribution in [3.05, 3.63) is 92.9 Å². The van der Waals surface area contributed by atoms with Gasteiger partial charge in [0.25, 0.3) is 0 Å². The van der Waals surface area contributed by atoms with Gasteiger partial charge >= 0.3 is 0 Å². The molecule has 0 N–H and O–H groups in total. The second-order valence-electron chi connectivity index (χ2n) is 5.92. The van der Waals surface area contributed by atoms with Crippen LogP contribution in [0.4, 0.5) is 0 Å². The molecule has 122 valence electrons. The molecule has 0 spiro atoms. The standard InChI is InChI=1S/C21H12BrClO2/c22-16-11-10-15(12-4-2-1-3-5-12)18-19(16)21(25)17(20(18)24)13-6-8-14(23)9-7-13/h1-11,17H. The second kappa shape index (κ2) is 6.25. The first kappa shape index (κ1) is 16.2. The van der Waals surface area contributed by atoms with E-state index in [4.69, 9.17) is 11.6 Å². The van der Waals surface area contributed by atoms with Gasteiger partial charge in [-0.05, 0) is 34.9 Å². The van der Waals surface area contributed by atoms with Gasteiger partial charge in [0.2, 0.25) is 0 Å². The number of ketones is 2. The van der Waals surface area contributed by atoms with Crippen molar-refractivity contribution in [3.63, 3.8) is 0 Å². The maximum Gasteiger partial charge on any atom is 0.180 e. The van der Waals surface area contributed by atoms with Crippen LogP contribution in [-0.2, 0) is 0 Å². The van der Waals surface area contributed by atoms with Gasteiger partial charge in [0.05, 0.1) is 0 Å². The quantitative estimate of drug-likeness (QED) is 0.490. The van der Waals surface area contributed by atoms with E-state index in [1.807, 2.05) is 42.5 Å². The molecule has 1 atom stereocenters. The Morgan fingerprint density at radius 2 is 1.40 bits per heavy atom. The molecule has 0 radical (unpaired) electrons. The van der Waals surface area contributed by atoms with Gasteiger partial charge in [-0.2, -0.15) is 0 Å². The van der Waals surface area contributed by atoms with Gasteiger partial charge in [0.15, 0.2) is 11.6 Å². The Labute approximate surface area is 158 Å². The first-order valence-corrected chi connectivity index (χ1v) is 8.97. The van der Waals surface area contributed by atoms with Crippen LogP contribution in [-0.4, -0.2) is 11.6 Å². The number of halogens is 2.